The maximum Gasteiger partial charge on any atom is 0.338 e. The summed E-state index contributed by atoms with van der Waals surface area (Å²) in [4.78, 5) is 24.0. The summed E-state index contributed by atoms with van der Waals surface area (Å²) in [5, 5.41) is 13.3. The van der Waals surface area contributed by atoms with E-state index in [9.17, 15) is 18.4 Å². The molecule has 0 aliphatic heterocycles. The number of anilines is 1. The Balaban J connectivity index is 2.74. The van der Waals surface area contributed by atoms with Gasteiger partial charge in [-0.15, -0.1) is 0 Å². The highest BCUT2D eigenvalue weighted by Crippen LogP contribution is 2.19. The quantitative estimate of drug-likeness (QED) is 0.763. The van der Waals surface area contributed by atoms with E-state index in [0.717, 1.165) is 6.07 Å². The molecule has 8 heteroatoms. The molecule has 0 heterocycles. The van der Waals surface area contributed by atoms with Crippen LogP contribution in [-0.2, 0) is 0 Å². The standard InChI is InChI=1S/C12H15F2N3O3/c1-17(2)4-3-15-12(20)16-10-5-7(11(18)19)8(13)6-9(10)14/h5-6H,3-4H2,1-2H3,(H,18,19)(H2,15,16,20). The number of carbonyl (C=O) groups is 2. The second-order valence-corrected chi connectivity index (χ2v) is 4.30. The van der Waals surface area contributed by atoms with Gasteiger partial charge in [-0.05, 0) is 20.2 Å². The topological polar surface area (TPSA) is 81.7 Å². The van der Waals surface area contributed by atoms with Crippen molar-refractivity contribution in [3.05, 3.63) is 29.3 Å². The van der Waals surface area contributed by atoms with Crippen molar-refractivity contribution in [2.24, 2.45) is 0 Å². The highest BCUT2D eigenvalue weighted by atomic mass is 19.1. The molecule has 1 aromatic carbocycles. The van der Waals surface area contributed by atoms with E-state index in [4.69, 9.17) is 5.11 Å². The molecule has 2 amide bonds. The average Bonchev–Trinajstić information content (AvgIpc) is 2.31. The minimum Gasteiger partial charge on any atom is -0.478 e. The van der Waals surface area contributed by atoms with Gasteiger partial charge in [-0.1, -0.05) is 0 Å². The van der Waals surface area contributed by atoms with Crippen LogP contribution in [0.3, 0.4) is 0 Å². The number of nitrogens with zero attached hydrogens (tertiary/aromatic N) is 1. The molecule has 3 N–H and O–H groups in total. The van der Waals surface area contributed by atoms with Crippen molar-refractivity contribution in [1.82, 2.24) is 10.2 Å². The van der Waals surface area contributed by atoms with Crippen LogP contribution in [0.4, 0.5) is 19.3 Å². The van der Waals surface area contributed by atoms with Crippen molar-refractivity contribution in [3.63, 3.8) is 0 Å². The van der Waals surface area contributed by atoms with Crippen molar-refractivity contribution in [2.45, 2.75) is 0 Å². The van der Waals surface area contributed by atoms with Gasteiger partial charge in [0.05, 0.1) is 11.3 Å². The molecule has 0 aromatic heterocycles. The number of urea groups is 1. The molecule has 0 radical (unpaired) electrons. The van der Waals surface area contributed by atoms with Crippen LogP contribution in [0.15, 0.2) is 12.1 Å². The first-order chi connectivity index (χ1) is 9.31. The van der Waals surface area contributed by atoms with Crippen LogP contribution >= 0.6 is 0 Å². The molecule has 0 aliphatic carbocycles. The Morgan fingerprint density at radius 1 is 1.25 bits per heavy atom. The monoisotopic (exact) mass is 287 g/mol. The third-order valence-electron chi connectivity index (χ3n) is 2.38. The minimum absolute atomic E-state index is 0.327. The maximum atomic E-state index is 13.4. The Bertz CT molecular complexity index is 521. The Morgan fingerprint density at radius 2 is 1.90 bits per heavy atom. The first kappa shape index (κ1) is 15.8. The largest absolute Gasteiger partial charge is 0.478 e. The number of carboxylic acids is 1. The SMILES string of the molecule is CN(C)CCNC(=O)Nc1cc(C(=O)O)c(F)cc1F. The molecule has 110 valence electrons. The summed E-state index contributed by atoms with van der Waals surface area (Å²) in [6, 6.07) is 0.450. The smallest absolute Gasteiger partial charge is 0.338 e. The third kappa shape index (κ3) is 4.47. The first-order valence-electron chi connectivity index (χ1n) is 5.73. The number of carboxylic acid groups (broad SMARTS) is 1. The molecule has 1 aromatic rings. The predicted molar refractivity (Wildman–Crippen MR) is 68.9 cm³/mol. The van der Waals surface area contributed by atoms with Crippen molar-refractivity contribution < 1.29 is 23.5 Å². The summed E-state index contributed by atoms with van der Waals surface area (Å²) in [5.74, 6) is -3.79. The fourth-order valence-corrected chi connectivity index (χ4v) is 1.37. The molecular weight excluding hydrogens is 272 g/mol. The number of hydrogen-bond donors (Lipinski definition) is 3. The van der Waals surface area contributed by atoms with E-state index in [1.165, 1.54) is 0 Å². The van der Waals surface area contributed by atoms with Gasteiger partial charge in [-0.3, -0.25) is 0 Å². The van der Waals surface area contributed by atoms with Gasteiger partial charge >= 0.3 is 12.0 Å². The number of amides is 2. The Kier molecular flexibility index (Phi) is 5.39. The lowest BCUT2D eigenvalue weighted by Gasteiger charge is -2.12. The maximum absolute atomic E-state index is 13.4. The van der Waals surface area contributed by atoms with Crippen molar-refractivity contribution in [1.29, 1.82) is 0 Å². The van der Waals surface area contributed by atoms with E-state index < -0.39 is 34.9 Å². The van der Waals surface area contributed by atoms with Gasteiger partial charge in [0.2, 0.25) is 0 Å². The molecule has 1 rings (SSSR count). The van der Waals surface area contributed by atoms with E-state index in [-0.39, 0.29) is 0 Å². The Labute approximate surface area is 114 Å². The van der Waals surface area contributed by atoms with Gasteiger partial charge in [0.15, 0.2) is 0 Å². The van der Waals surface area contributed by atoms with Crippen LogP contribution in [0.25, 0.3) is 0 Å². The van der Waals surface area contributed by atoms with Crippen LogP contribution in [-0.4, -0.2) is 49.2 Å². The highest BCUT2D eigenvalue weighted by molar-refractivity contribution is 5.93. The molecule has 0 aliphatic rings. The van der Waals surface area contributed by atoms with E-state index >= 15 is 0 Å². The zero-order valence-electron chi connectivity index (χ0n) is 11.0. The number of aromatic carboxylic acids is 1. The van der Waals surface area contributed by atoms with Gasteiger partial charge in [0, 0.05) is 19.2 Å². The first-order valence-corrected chi connectivity index (χ1v) is 5.73. The Morgan fingerprint density at radius 3 is 2.45 bits per heavy atom. The molecule has 0 atom stereocenters. The van der Waals surface area contributed by atoms with Gasteiger partial charge in [-0.2, -0.15) is 0 Å². The number of halogens is 2. The lowest BCUT2D eigenvalue weighted by molar-refractivity contribution is 0.0692. The van der Waals surface area contributed by atoms with Crippen molar-refractivity contribution >= 4 is 17.7 Å². The number of likely N-dealkylation sites (N-methyl/N-ethyl adjacent to an activating group) is 1. The number of rotatable bonds is 5. The van der Waals surface area contributed by atoms with Gasteiger partial charge in [0.1, 0.15) is 11.6 Å². The van der Waals surface area contributed by atoms with E-state index in [0.29, 0.717) is 19.2 Å². The number of carbonyl (C=O) groups excluding carboxylic acids is 1. The summed E-state index contributed by atoms with van der Waals surface area (Å²) >= 11 is 0. The number of nitrogens with one attached hydrogen (secondary N) is 2. The third-order valence-corrected chi connectivity index (χ3v) is 2.38. The summed E-state index contributed by atoms with van der Waals surface area (Å²) in [7, 11) is 3.64. The van der Waals surface area contributed by atoms with Crippen LogP contribution in [0.1, 0.15) is 10.4 Å². The van der Waals surface area contributed by atoms with Crippen LogP contribution in [0.5, 0.6) is 0 Å². The zero-order chi connectivity index (χ0) is 15.3. The fourth-order valence-electron chi connectivity index (χ4n) is 1.37. The molecule has 0 unspecified atom stereocenters. The molecule has 0 saturated carbocycles. The van der Waals surface area contributed by atoms with Gasteiger partial charge < -0.3 is 20.6 Å². The average molecular weight is 287 g/mol. The van der Waals surface area contributed by atoms with Crippen molar-refractivity contribution in [3.8, 4) is 0 Å². The summed E-state index contributed by atoms with van der Waals surface area (Å²) in [5.41, 5.74) is -1.11. The fraction of sp³-hybridized carbons (Fsp3) is 0.333. The van der Waals surface area contributed by atoms with Gasteiger partial charge in [-0.25, -0.2) is 18.4 Å². The molecule has 0 spiro atoms. The predicted octanol–water partition coefficient (Wildman–Crippen LogP) is 1.35. The molecule has 0 saturated heterocycles. The normalized spacial score (nSPS) is 10.4. The molecule has 0 fully saturated rings. The van der Waals surface area contributed by atoms with Gasteiger partial charge in [0.25, 0.3) is 0 Å². The zero-order valence-corrected chi connectivity index (χ0v) is 11.0. The highest BCUT2D eigenvalue weighted by Gasteiger charge is 2.16. The molecule has 20 heavy (non-hydrogen) atoms. The van der Waals surface area contributed by atoms with E-state index in [1.807, 2.05) is 19.0 Å². The van der Waals surface area contributed by atoms with Crippen LogP contribution in [0, 0.1) is 11.6 Å². The molecule has 6 nitrogen and oxygen atoms in total. The summed E-state index contributed by atoms with van der Waals surface area (Å²) in [6.45, 7) is 0.910. The van der Waals surface area contributed by atoms with E-state index in [2.05, 4.69) is 10.6 Å². The molecule has 0 bridgehead atoms. The van der Waals surface area contributed by atoms with Crippen molar-refractivity contribution in [2.75, 3.05) is 32.5 Å². The minimum atomic E-state index is -1.54. The number of hydrogen-bond acceptors (Lipinski definition) is 3. The Hall–Kier alpha value is -2.22. The van der Waals surface area contributed by atoms with Crippen LogP contribution in [0.2, 0.25) is 0 Å². The summed E-state index contributed by atoms with van der Waals surface area (Å²) in [6.07, 6.45) is 0. The second kappa shape index (κ2) is 6.80. The van der Waals surface area contributed by atoms with E-state index in [1.54, 1.807) is 0 Å². The summed E-state index contributed by atoms with van der Waals surface area (Å²) < 4.78 is 26.6. The lowest BCUT2D eigenvalue weighted by atomic mass is 10.2. The van der Waals surface area contributed by atoms with Crippen LogP contribution < -0.4 is 10.6 Å². The lowest BCUT2D eigenvalue weighted by Crippen LogP contribution is -2.34. The molecular formula is C12H15F2N3O3. The second-order valence-electron chi connectivity index (χ2n) is 4.30. The number of benzene rings is 1.